The number of thiophene rings is 1. The van der Waals surface area contributed by atoms with E-state index in [0.717, 1.165) is 51.6 Å². The molecule has 0 aromatic carbocycles. The fourth-order valence-electron chi connectivity index (χ4n) is 4.14. The van der Waals surface area contributed by atoms with Gasteiger partial charge in [-0.05, 0) is 57.6 Å². The van der Waals surface area contributed by atoms with E-state index < -0.39 is 0 Å². The first kappa shape index (κ1) is 22.4. The maximum absolute atomic E-state index is 9.54. The van der Waals surface area contributed by atoms with E-state index in [-0.39, 0.29) is 18.7 Å². The highest BCUT2D eigenvalue weighted by molar-refractivity contribution is 7.20. The number of allylic oxidation sites excluding steroid dienone is 1. The first-order valence-corrected chi connectivity index (χ1v) is 11.8. The summed E-state index contributed by atoms with van der Waals surface area (Å²) in [6.45, 7) is 6.36. The summed E-state index contributed by atoms with van der Waals surface area (Å²) in [6, 6.07) is 0.493. The zero-order chi connectivity index (χ0) is 22.8. The lowest BCUT2D eigenvalue weighted by Gasteiger charge is -2.15. The largest absolute Gasteiger partial charge is 0.398 e. The standard InChI is InChI=1S/C23H31N7OS/c1-13(2)25-8-7-17(24)19-14(3)18-20(27-16-6-5-15(11-16)12-31)28-21(29-23(18)32-19)22-26-9-10-30(22)4/h7-10,13,15-16,31H,5-6,11-12,24H2,1-4H3,(H,27,28,29)/b17-7-,25-8?. The second kappa shape index (κ2) is 9.38. The van der Waals surface area contributed by atoms with Crippen LogP contribution in [0.25, 0.3) is 27.6 Å². The van der Waals surface area contributed by atoms with Crippen LogP contribution in [0.3, 0.4) is 0 Å². The van der Waals surface area contributed by atoms with E-state index in [0.29, 0.717) is 17.4 Å². The van der Waals surface area contributed by atoms with Crippen molar-refractivity contribution in [3.05, 3.63) is 28.9 Å². The number of aliphatic imine (C=N–C) groups is 1. The maximum Gasteiger partial charge on any atom is 0.199 e. The zero-order valence-electron chi connectivity index (χ0n) is 19.0. The van der Waals surface area contributed by atoms with Gasteiger partial charge in [0.1, 0.15) is 10.6 Å². The van der Waals surface area contributed by atoms with Gasteiger partial charge in [0.15, 0.2) is 11.6 Å². The van der Waals surface area contributed by atoms with Gasteiger partial charge >= 0.3 is 0 Å². The van der Waals surface area contributed by atoms with E-state index in [2.05, 4.69) is 22.2 Å². The number of anilines is 1. The number of rotatable bonds is 7. The number of nitrogens with zero attached hydrogens (tertiary/aromatic N) is 5. The number of hydrogen-bond donors (Lipinski definition) is 3. The smallest absolute Gasteiger partial charge is 0.199 e. The summed E-state index contributed by atoms with van der Waals surface area (Å²) < 4.78 is 1.92. The number of aromatic nitrogens is 4. The summed E-state index contributed by atoms with van der Waals surface area (Å²) in [5.74, 6) is 2.45. The lowest BCUT2D eigenvalue weighted by molar-refractivity contribution is 0.229. The first-order valence-electron chi connectivity index (χ1n) is 11.0. The molecule has 1 saturated carbocycles. The molecule has 8 nitrogen and oxygen atoms in total. The molecule has 0 aliphatic heterocycles. The van der Waals surface area contributed by atoms with Crippen LogP contribution in [0.2, 0.25) is 0 Å². The Hall–Kier alpha value is -2.78. The van der Waals surface area contributed by atoms with Crippen molar-refractivity contribution in [3.63, 3.8) is 0 Å². The van der Waals surface area contributed by atoms with Crippen molar-refractivity contribution in [2.24, 2.45) is 23.7 Å². The third kappa shape index (κ3) is 4.54. The van der Waals surface area contributed by atoms with E-state index >= 15 is 0 Å². The molecule has 0 saturated heterocycles. The van der Waals surface area contributed by atoms with Gasteiger partial charge in [-0.15, -0.1) is 11.3 Å². The van der Waals surface area contributed by atoms with Gasteiger partial charge in [0, 0.05) is 44.3 Å². The number of aliphatic hydroxyl groups is 1. The van der Waals surface area contributed by atoms with E-state index in [4.69, 9.17) is 15.7 Å². The van der Waals surface area contributed by atoms with Crippen molar-refractivity contribution in [2.75, 3.05) is 11.9 Å². The number of nitrogens with two attached hydrogens (primary N) is 1. The Morgan fingerprint density at radius 1 is 1.41 bits per heavy atom. The molecule has 1 aliphatic rings. The molecule has 4 N–H and O–H groups in total. The van der Waals surface area contributed by atoms with Gasteiger partial charge in [-0.25, -0.2) is 15.0 Å². The lowest BCUT2D eigenvalue weighted by Crippen LogP contribution is -2.18. The van der Waals surface area contributed by atoms with Crippen molar-refractivity contribution in [2.45, 2.75) is 52.1 Å². The molecule has 2 atom stereocenters. The number of fused-ring (bicyclic) bond motifs is 1. The Morgan fingerprint density at radius 3 is 2.88 bits per heavy atom. The molecular formula is C23H31N7OS. The van der Waals surface area contributed by atoms with Crippen LogP contribution < -0.4 is 11.1 Å². The summed E-state index contributed by atoms with van der Waals surface area (Å²) in [6.07, 6.45) is 10.2. The van der Waals surface area contributed by atoms with Crippen LogP contribution in [0.5, 0.6) is 0 Å². The Morgan fingerprint density at radius 2 is 2.22 bits per heavy atom. The zero-order valence-corrected chi connectivity index (χ0v) is 19.9. The summed E-state index contributed by atoms with van der Waals surface area (Å²) >= 11 is 1.56. The van der Waals surface area contributed by atoms with Gasteiger partial charge in [-0.2, -0.15) is 0 Å². The van der Waals surface area contributed by atoms with Gasteiger partial charge in [-0.3, -0.25) is 4.99 Å². The lowest BCUT2D eigenvalue weighted by atomic mass is 10.1. The van der Waals surface area contributed by atoms with Crippen LogP contribution in [0.1, 0.15) is 43.6 Å². The Kier molecular flexibility index (Phi) is 6.57. The minimum Gasteiger partial charge on any atom is -0.398 e. The fraction of sp³-hybridized carbons (Fsp3) is 0.478. The summed E-state index contributed by atoms with van der Waals surface area (Å²) in [5, 5.41) is 14.2. The molecule has 3 heterocycles. The maximum atomic E-state index is 9.54. The molecule has 0 spiro atoms. The van der Waals surface area contributed by atoms with E-state index in [9.17, 15) is 5.11 Å². The van der Waals surface area contributed by atoms with Gasteiger partial charge in [-0.1, -0.05) is 0 Å². The Labute approximate surface area is 192 Å². The molecule has 3 aromatic rings. The van der Waals surface area contributed by atoms with E-state index in [1.165, 1.54) is 0 Å². The first-order chi connectivity index (χ1) is 15.4. The van der Waals surface area contributed by atoms with Crippen molar-refractivity contribution in [1.29, 1.82) is 0 Å². The van der Waals surface area contributed by atoms with Crippen molar-refractivity contribution >= 4 is 39.3 Å². The molecule has 1 aliphatic carbocycles. The molecule has 2 unspecified atom stereocenters. The van der Waals surface area contributed by atoms with Gasteiger partial charge in [0.05, 0.1) is 16.0 Å². The monoisotopic (exact) mass is 453 g/mol. The highest BCUT2D eigenvalue weighted by Gasteiger charge is 2.26. The van der Waals surface area contributed by atoms with Crippen molar-refractivity contribution < 1.29 is 5.11 Å². The highest BCUT2D eigenvalue weighted by atomic mass is 32.1. The predicted octanol–water partition coefficient (Wildman–Crippen LogP) is 3.75. The SMILES string of the molecule is Cc1c(/C(N)=C/C=NC(C)C)sc2nc(-c3nccn3C)nc(NC3CCC(CO)C3)c12. The predicted molar refractivity (Wildman–Crippen MR) is 132 cm³/mol. The summed E-state index contributed by atoms with van der Waals surface area (Å²) in [4.78, 5) is 20.4. The number of aryl methyl sites for hydroxylation is 2. The fourth-order valence-corrected chi connectivity index (χ4v) is 5.25. The number of hydrogen-bond acceptors (Lipinski definition) is 8. The van der Waals surface area contributed by atoms with Crippen LogP contribution in [-0.4, -0.2) is 49.5 Å². The van der Waals surface area contributed by atoms with Gasteiger partial charge in [0.2, 0.25) is 0 Å². The van der Waals surface area contributed by atoms with Gasteiger partial charge < -0.3 is 20.7 Å². The molecule has 0 radical (unpaired) electrons. The highest BCUT2D eigenvalue weighted by Crippen LogP contribution is 2.38. The van der Waals surface area contributed by atoms with Crippen LogP contribution in [0.4, 0.5) is 5.82 Å². The van der Waals surface area contributed by atoms with Gasteiger partial charge in [0.25, 0.3) is 0 Å². The minimum absolute atomic E-state index is 0.221. The third-order valence-corrected chi connectivity index (χ3v) is 7.09. The van der Waals surface area contributed by atoms with Crippen LogP contribution in [-0.2, 0) is 7.05 Å². The second-order valence-electron chi connectivity index (χ2n) is 8.71. The normalized spacial score (nSPS) is 19.6. The molecule has 170 valence electrons. The summed E-state index contributed by atoms with van der Waals surface area (Å²) in [7, 11) is 1.94. The molecule has 9 heteroatoms. The second-order valence-corrected chi connectivity index (χ2v) is 9.71. The molecule has 32 heavy (non-hydrogen) atoms. The molecular weight excluding hydrogens is 422 g/mol. The van der Waals surface area contributed by atoms with E-state index in [1.807, 2.05) is 37.7 Å². The van der Waals surface area contributed by atoms with Crippen LogP contribution in [0, 0.1) is 12.8 Å². The topological polar surface area (TPSA) is 114 Å². The third-order valence-electron chi connectivity index (χ3n) is 5.85. The average molecular weight is 454 g/mol. The molecule has 0 amide bonds. The molecule has 0 bridgehead atoms. The molecule has 4 rings (SSSR count). The van der Waals surface area contributed by atoms with Crippen LogP contribution >= 0.6 is 11.3 Å². The Balaban J connectivity index is 1.79. The number of imidazole rings is 1. The quantitative estimate of drug-likeness (QED) is 0.470. The number of aliphatic hydroxyl groups excluding tert-OH is 1. The average Bonchev–Trinajstić information content (AvgIpc) is 3.46. The van der Waals surface area contributed by atoms with E-state index in [1.54, 1.807) is 23.7 Å². The van der Waals surface area contributed by atoms with Crippen molar-refractivity contribution in [1.82, 2.24) is 19.5 Å². The van der Waals surface area contributed by atoms with Crippen LogP contribution in [0.15, 0.2) is 23.5 Å². The molecule has 3 aromatic heterocycles. The minimum atomic E-state index is 0.221. The summed E-state index contributed by atoms with van der Waals surface area (Å²) in [5.41, 5.74) is 8.14. The number of nitrogens with one attached hydrogen (secondary N) is 1. The Bertz CT molecular complexity index is 1160. The molecule has 1 fully saturated rings. The van der Waals surface area contributed by atoms with Crippen molar-refractivity contribution in [3.8, 4) is 11.6 Å².